The van der Waals surface area contributed by atoms with Gasteiger partial charge in [-0.25, -0.2) is 0 Å². The van der Waals surface area contributed by atoms with Crippen LogP contribution in [0.2, 0.25) is 0 Å². The summed E-state index contributed by atoms with van der Waals surface area (Å²) in [6, 6.07) is 4.06. The van der Waals surface area contributed by atoms with E-state index in [1.54, 1.807) is 19.1 Å². The molecule has 0 radical (unpaired) electrons. The monoisotopic (exact) mass is 420 g/mol. The van der Waals surface area contributed by atoms with Crippen LogP contribution in [0.4, 0.5) is 0 Å². The van der Waals surface area contributed by atoms with Crippen molar-refractivity contribution in [3.8, 4) is 11.5 Å². The molecule has 8 nitrogen and oxygen atoms in total. The second kappa shape index (κ2) is 11.8. The van der Waals surface area contributed by atoms with Crippen molar-refractivity contribution in [2.24, 2.45) is 0 Å². The fourth-order valence-electron chi connectivity index (χ4n) is 3.63. The van der Waals surface area contributed by atoms with E-state index in [0.29, 0.717) is 19.6 Å². The number of benzene rings is 1. The first-order valence-corrected chi connectivity index (χ1v) is 10.6. The van der Waals surface area contributed by atoms with E-state index in [1.165, 1.54) is 11.1 Å². The minimum atomic E-state index is -0.109. The number of aryl methyl sites for hydroxylation is 1. The molecule has 1 aromatic carbocycles. The number of carbonyl (C=O) groups is 2. The number of piperazine rings is 1. The summed E-state index contributed by atoms with van der Waals surface area (Å²) in [5.41, 5.74) is 2.39. The largest absolute Gasteiger partial charge is 0.493 e. The molecular weight excluding hydrogens is 384 g/mol. The Bertz CT molecular complexity index is 717. The molecule has 1 heterocycles. The van der Waals surface area contributed by atoms with Crippen LogP contribution in [0.3, 0.4) is 0 Å². The molecule has 0 atom stereocenters. The number of nitrogens with zero attached hydrogens (tertiary/aromatic N) is 3. The molecule has 0 saturated carbocycles. The van der Waals surface area contributed by atoms with Crippen LogP contribution in [0.5, 0.6) is 11.5 Å². The third-order valence-electron chi connectivity index (χ3n) is 5.50. The molecule has 0 spiro atoms. The first-order valence-electron chi connectivity index (χ1n) is 10.6. The standard InChI is InChI=1S/C22H36N4O4/c1-6-23-21(27)15-26(7-2)22(28)16-25-10-8-24(9-11-25)14-18-13-20(30-5)19(29-4)12-17(18)3/h12-13H,6-11,14-16H2,1-5H3,(H,23,27). The normalized spacial score (nSPS) is 15.0. The summed E-state index contributed by atoms with van der Waals surface area (Å²) < 4.78 is 10.8. The van der Waals surface area contributed by atoms with Crippen LogP contribution in [0.1, 0.15) is 25.0 Å². The zero-order valence-corrected chi connectivity index (χ0v) is 19.0. The maximum atomic E-state index is 12.6. The summed E-state index contributed by atoms with van der Waals surface area (Å²) in [5.74, 6) is 1.39. The van der Waals surface area contributed by atoms with Crippen LogP contribution in [0, 0.1) is 6.92 Å². The number of likely N-dealkylation sites (N-methyl/N-ethyl adjacent to an activating group) is 2. The van der Waals surface area contributed by atoms with E-state index in [1.807, 2.05) is 26.0 Å². The van der Waals surface area contributed by atoms with Gasteiger partial charge in [0.05, 0.1) is 27.3 Å². The highest BCUT2D eigenvalue weighted by Gasteiger charge is 2.23. The number of hydrogen-bond acceptors (Lipinski definition) is 6. The smallest absolute Gasteiger partial charge is 0.239 e. The van der Waals surface area contributed by atoms with Crippen molar-refractivity contribution in [1.29, 1.82) is 0 Å². The van der Waals surface area contributed by atoms with Crippen LogP contribution in [0.25, 0.3) is 0 Å². The molecule has 168 valence electrons. The van der Waals surface area contributed by atoms with Crippen molar-refractivity contribution < 1.29 is 19.1 Å². The third kappa shape index (κ3) is 6.60. The first kappa shape index (κ1) is 24.0. The molecule has 8 heteroatoms. The van der Waals surface area contributed by atoms with Gasteiger partial charge in [0.1, 0.15) is 0 Å². The average molecular weight is 421 g/mol. The Kier molecular flexibility index (Phi) is 9.39. The van der Waals surface area contributed by atoms with Crippen molar-refractivity contribution in [3.05, 3.63) is 23.3 Å². The minimum Gasteiger partial charge on any atom is -0.493 e. The molecule has 2 amide bonds. The lowest BCUT2D eigenvalue weighted by Gasteiger charge is -2.35. The summed E-state index contributed by atoms with van der Waals surface area (Å²) >= 11 is 0. The molecule has 1 saturated heterocycles. The van der Waals surface area contributed by atoms with Gasteiger partial charge >= 0.3 is 0 Å². The molecule has 1 aromatic rings. The lowest BCUT2D eigenvalue weighted by atomic mass is 10.1. The third-order valence-corrected chi connectivity index (χ3v) is 5.50. The van der Waals surface area contributed by atoms with E-state index in [4.69, 9.17) is 9.47 Å². The van der Waals surface area contributed by atoms with Gasteiger partial charge < -0.3 is 19.7 Å². The Labute approximate surface area is 180 Å². The van der Waals surface area contributed by atoms with Crippen LogP contribution in [0.15, 0.2) is 12.1 Å². The van der Waals surface area contributed by atoms with Gasteiger partial charge in [-0.05, 0) is 44.0 Å². The van der Waals surface area contributed by atoms with Gasteiger partial charge in [0, 0.05) is 45.8 Å². The Hall–Kier alpha value is -2.32. The fraction of sp³-hybridized carbons (Fsp3) is 0.636. The Morgan fingerprint density at radius 3 is 2.20 bits per heavy atom. The van der Waals surface area contributed by atoms with Crippen LogP contribution < -0.4 is 14.8 Å². The number of amides is 2. The van der Waals surface area contributed by atoms with Crippen LogP contribution >= 0.6 is 0 Å². The molecule has 2 rings (SSSR count). The predicted octanol–water partition coefficient (Wildman–Crippen LogP) is 1.11. The molecule has 0 bridgehead atoms. The van der Waals surface area contributed by atoms with E-state index < -0.39 is 0 Å². The van der Waals surface area contributed by atoms with Crippen molar-refractivity contribution in [3.63, 3.8) is 0 Å². The highest BCUT2D eigenvalue weighted by molar-refractivity contribution is 5.85. The number of nitrogens with one attached hydrogen (secondary N) is 1. The Balaban J connectivity index is 1.86. The van der Waals surface area contributed by atoms with Crippen molar-refractivity contribution in [2.45, 2.75) is 27.3 Å². The Morgan fingerprint density at radius 2 is 1.63 bits per heavy atom. The number of hydrogen-bond donors (Lipinski definition) is 1. The molecule has 1 N–H and O–H groups in total. The predicted molar refractivity (Wildman–Crippen MR) is 117 cm³/mol. The van der Waals surface area contributed by atoms with Gasteiger partial charge in [0.25, 0.3) is 0 Å². The number of ether oxygens (including phenoxy) is 2. The maximum Gasteiger partial charge on any atom is 0.239 e. The van der Waals surface area contributed by atoms with E-state index >= 15 is 0 Å². The molecule has 1 aliphatic heterocycles. The molecule has 30 heavy (non-hydrogen) atoms. The molecule has 1 aliphatic rings. The Morgan fingerprint density at radius 1 is 1.03 bits per heavy atom. The molecule has 0 unspecified atom stereocenters. The summed E-state index contributed by atoms with van der Waals surface area (Å²) in [7, 11) is 3.30. The lowest BCUT2D eigenvalue weighted by molar-refractivity contribution is -0.137. The van der Waals surface area contributed by atoms with Gasteiger partial charge in [0.15, 0.2) is 11.5 Å². The minimum absolute atomic E-state index is 0.00735. The van der Waals surface area contributed by atoms with E-state index in [-0.39, 0.29) is 18.4 Å². The lowest BCUT2D eigenvalue weighted by Crippen LogP contribution is -2.50. The number of rotatable bonds is 10. The zero-order valence-electron chi connectivity index (χ0n) is 19.0. The van der Waals surface area contributed by atoms with Crippen molar-refractivity contribution in [1.82, 2.24) is 20.0 Å². The van der Waals surface area contributed by atoms with Crippen LogP contribution in [-0.4, -0.2) is 93.1 Å². The summed E-state index contributed by atoms with van der Waals surface area (Å²) in [4.78, 5) is 30.6. The SMILES string of the molecule is CCNC(=O)CN(CC)C(=O)CN1CCN(Cc2cc(OC)c(OC)cc2C)CC1. The van der Waals surface area contributed by atoms with Gasteiger partial charge in [-0.15, -0.1) is 0 Å². The summed E-state index contributed by atoms with van der Waals surface area (Å²) in [5, 5.41) is 2.75. The zero-order chi connectivity index (χ0) is 22.1. The van der Waals surface area contributed by atoms with Gasteiger partial charge in [-0.3, -0.25) is 19.4 Å². The highest BCUT2D eigenvalue weighted by Crippen LogP contribution is 2.30. The summed E-state index contributed by atoms with van der Waals surface area (Å²) in [6.45, 7) is 11.7. The second-order valence-corrected chi connectivity index (χ2v) is 7.55. The van der Waals surface area contributed by atoms with Crippen LogP contribution in [-0.2, 0) is 16.1 Å². The van der Waals surface area contributed by atoms with Gasteiger partial charge in [-0.2, -0.15) is 0 Å². The quantitative estimate of drug-likeness (QED) is 0.611. The number of carbonyl (C=O) groups excluding carboxylic acids is 2. The average Bonchev–Trinajstić information content (AvgIpc) is 2.74. The molecule has 0 aliphatic carbocycles. The summed E-state index contributed by atoms with van der Waals surface area (Å²) in [6.07, 6.45) is 0. The van der Waals surface area contributed by atoms with Gasteiger partial charge in [0.2, 0.25) is 11.8 Å². The number of methoxy groups -OCH3 is 2. The molecule has 1 fully saturated rings. The van der Waals surface area contributed by atoms with E-state index in [2.05, 4.69) is 22.0 Å². The topological polar surface area (TPSA) is 74.4 Å². The first-order chi connectivity index (χ1) is 14.4. The second-order valence-electron chi connectivity index (χ2n) is 7.55. The molecule has 0 aromatic heterocycles. The van der Waals surface area contributed by atoms with E-state index in [0.717, 1.165) is 44.2 Å². The van der Waals surface area contributed by atoms with E-state index in [9.17, 15) is 9.59 Å². The van der Waals surface area contributed by atoms with Crippen molar-refractivity contribution in [2.75, 3.05) is 66.6 Å². The molecular formula is C22H36N4O4. The highest BCUT2D eigenvalue weighted by atomic mass is 16.5. The fourth-order valence-corrected chi connectivity index (χ4v) is 3.63. The van der Waals surface area contributed by atoms with Gasteiger partial charge in [-0.1, -0.05) is 0 Å². The van der Waals surface area contributed by atoms with Crippen molar-refractivity contribution >= 4 is 11.8 Å². The maximum absolute atomic E-state index is 12.6.